The molecule has 0 fully saturated rings. The summed E-state index contributed by atoms with van der Waals surface area (Å²) in [7, 11) is 0. The van der Waals surface area contributed by atoms with E-state index in [2.05, 4.69) is 0 Å². The fraction of sp³-hybridized carbons (Fsp3) is 0.222. The molecule has 2 heteroatoms. The van der Waals surface area contributed by atoms with Crippen LogP contribution in [0.4, 0.5) is 0 Å². The van der Waals surface area contributed by atoms with Crippen molar-refractivity contribution in [1.29, 1.82) is 0 Å². The Balaban J connectivity index is 2.15. The van der Waals surface area contributed by atoms with Gasteiger partial charge in [0.25, 0.3) is 0 Å². The van der Waals surface area contributed by atoms with Gasteiger partial charge >= 0.3 is 0 Å². The fourth-order valence-electron chi connectivity index (χ4n) is 2.18. The second kappa shape index (κ2) is 6.29. The summed E-state index contributed by atoms with van der Waals surface area (Å²) in [5.41, 5.74) is 1.32. The van der Waals surface area contributed by atoms with Crippen LogP contribution >= 0.6 is 0 Å². The van der Waals surface area contributed by atoms with Gasteiger partial charge in [0.2, 0.25) is 0 Å². The minimum absolute atomic E-state index is 0.0161. The van der Waals surface area contributed by atoms with E-state index in [0.29, 0.717) is 11.1 Å². The van der Waals surface area contributed by atoms with E-state index in [9.17, 15) is 9.59 Å². The number of benzene rings is 2. The van der Waals surface area contributed by atoms with E-state index in [4.69, 9.17) is 0 Å². The first-order chi connectivity index (χ1) is 9.61. The van der Waals surface area contributed by atoms with E-state index < -0.39 is 0 Å². The lowest BCUT2D eigenvalue weighted by molar-refractivity contribution is 0.0794. The highest BCUT2D eigenvalue weighted by Gasteiger charge is 2.27. The van der Waals surface area contributed by atoms with Gasteiger partial charge in [0.05, 0.1) is 0 Å². The summed E-state index contributed by atoms with van der Waals surface area (Å²) in [6.45, 7) is 3.64. The predicted molar refractivity (Wildman–Crippen MR) is 79.9 cm³/mol. The molecule has 2 aromatic rings. The van der Waals surface area contributed by atoms with Gasteiger partial charge in [-0.05, 0) is 0 Å². The first kappa shape index (κ1) is 14.2. The summed E-state index contributed by atoms with van der Waals surface area (Å²) in [5, 5.41) is 0. The first-order valence-corrected chi connectivity index (χ1v) is 6.79. The van der Waals surface area contributed by atoms with Gasteiger partial charge in [-0.3, -0.25) is 9.59 Å². The molecule has 20 heavy (non-hydrogen) atoms. The SMILES string of the molecule is C[C@@H](C(=O)c1ccccc1)[C@@H](C)C(=O)c1ccccc1. The van der Waals surface area contributed by atoms with Crippen LogP contribution in [0.1, 0.15) is 34.6 Å². The van der Waals surface area contributed by atoms with Crippen LogP contribution in [-0.2, 0) is 0 Å². The quantitative estimate of drug-likeness (QED) is 0.766. The van der Waals surface area contributed by atoms with Gasteiger partial charge < -0.3 is 0 Å². The standard InChI is InChI=1S/C18H18O2/c1-13(17(19)15-9-5-3-6-10-15)14(2)18(20)16-11-7-4-8-12-16/h3-14H,1-2H3/t13-,14-/m1/s1. The zero-order valence-corrected chi connectivity index (χ0v) is 11.7. The van der Waals surface area contributed by atoms with Gasteiger partial charge in [-0.2, -0.15) is 0 Å². The van der Waals surface area contributed by atoms with Crippen LogP contribution in [0.2, 0.25) is 0 Å². The van der Waals surface area contributed by atoms with Crippen molar-refractivity contribution in [2.24, 2.45) is 11.8 Å². The Kier molecular flexibility index (Phi) is 4.46. The summed E-state index contributed by atoms with van der Waals surface area (Å²) in [5.74, 6) is -0.625. The molecule has 0 spiro atoms. The molecule has 0 saturated carbocycles. The van der Waals surface area contributed by atoms with Crippen LogP contribution in [0.15, 0.2) is 60.7 Å². The number of carbonyl (C=O) groups is 2. The van der Waals surface area contributed by atoms with E-state index in [0.717, 1.165) is 0 Å². The normalized spacial score (nSPS) is 13.5. The van der Waals surface area contributed by atoms with Crippen LogP contribution in [0.3, 0.4) is 0 Å². The second-order valence-electron chi connectivity index (χ2n) is 5.04. The van der Waals surface area contributed by atoms with Crippen LogP contribution in [0.25, 0.3) is 0 Å². The van der Waals surface area contributed by atoms with E-state index in [-0.39, 0.29) is 23.4 Å². The minimum atomic E-state index is -0.329. The van der Waals surface area contributed by atoms with E-state index in [1.807, 2.05) is 50.2 Å². The third-order valence-electron chi connectivity index (χ3n) is 3.69. The van der Waals surface area contributed by atoms with Crippen molar-refractivity contribution in [3.05, 3.63) is 71.8 Å². The summed E-state index contributed by atoms with van der Waals surface area (Å²) < 4.78 is 0. The Labute approximate surface area is 119 Å². The summed E-state index contributed by atoms with van der Waals surface area (Å²) >= 11 is 0. The molecule has 0 unspecified atom stereocenters. The van der Waals surface area contributed by atoms with Gasteiger partial charge in [-0.1, -0.05) is 74.5 Å². The van der Waals surface area contributed by atoms with Crippen molar-refractivity contribution in [2.45, 2.75) is 13.8 Å². The third-order valence-corrected chi connectivity index (χ3v) is 3.69. The fourth-order valence-corrected chi connectivity index (χ4v) is 2.18. The van der Waals surface area contributed by atoms with Crippen molar-refractivity contribution in [3.63, 3.8) is 0 Å². The number of hydrogen-bond donors (Lipinski definition) is 0. The first-order valence-electron chi connectivity index (χ1n) is 6.79. The summed E-state index contributed by atoms with van der Waals surface area (Å²) in [4.78, 5) is 24.7. The average Bonchev–Trinajstić information content (AvgIpc) is 2.53. The van der Waals surface area contributed by atoms with Gasteiger partial charge in [-0.15, -0.1) is 0 Å². The molecule has 0 aliphatic heterocycles. The average molecular weight is 266 g/mol. The maximum Gasteiger partial charge on any atom is 0.166 e. The van der Waals surface area contributed by atoms with Crippen molar-refractivity contribution >= 4 is 11.6 Å². The van der Waals surface area contributed by atoms with Crippen molar-refractivity contribution in [3.8, 4) is 0 Å². The van der Waals surface area contributed by atoms with Crippen molar-refractivity contribution in [1.82, 2.24) is 0 Å². The molecule has 2 nitrogen and oxygen atoms in total. The topological polar surface area (TPSA) is 34.1 Å². The van der Waals surface area contributed by atoms with Gasteiger partial charge in [-0.25, -0.2) is 0 Å². The monoisotopic (exact) mass is 266 g/mol. The molecule has 0 aliphatic carbocycles. The molecule has 0 heterocycles. The Hall–Kier alpha value is -2.22. The van der Waals surface area contributed by atoms with Crippen LogP contribution < -0.4 is 0 Å². The largest absolute Gasteiger partial charge is 0.294 e. The molecule has 0 saturated heterocycles. The molecule has 0 aliphatic rings. The Bertz CT molecular complexity index is 532. The highest BCUT2D eigenvalue weighted by molar-refractivity contribution is 6.04. The van der Waals surface area contributed by atoms with Gasteiger partial charge in [0.15, 0.2) is 11.6 Å². The lowest BCUT2D eigenvalue weighted by Gasteiger charge is -2.18. The summed E-state index contributed by atoms with van der Waals surface area (Å²) in [6, 6.07) is 18.3. The molecule has 0 amide bonds. The van der Waals surface area contributed by atoms with Gasteiger partial charge in [0.1, 0.15) is 0 Å². The molecule has 0 bridgehead atoms. The molecule has 102 valence electrons. The van der Waals surface area contributed by atoms with E-state index >= 15 is 0 Å². The summed E-state index contributed by atoms with van der Waals surface area (Å²) in [6.07, 6.45) is 0. The smallest absolute Gasteiger partial charge is 0.166 e. The van der Waals surface area contributed by atoms with Crippen molar-refractivity contribution in [2.75, 3.05) is 0 Å². The van der Waals surface area contributed by atoms with Crippen molar-refractivity contribution < 1.29 is 9.59 Å². The molecule has 2 rings (SSSR count). The molecule has 2 atom stereocenters. The van der Waals surface area contributed by atoms with Crippen LogP contribution in [0, 0.1) is 11.8 Å². The molecule has 0 N–H and O–H groups in total. The molecule has 0 radical (unpaired) electrons. The van der Waals surface area contributed by atoms with Crippen LogP contribution in [-0.4, -0.2) is 11.6 Å². The lowest BCUT2D eigenvalue weighted by Crippen LogP contribution is -2.25. The number of hydrogen-bond acceptors (Lipinski definition) is 2. The number of rotatable bonds is 5. The molecule has 0 aromatic heterocycles. The van der Waals surface area contributed by atoms with Gasteiger partial charge in [0, 0.05) is 23.0 Å². The number of Topliss-reactive ketones (excluding diaryl/α,β-unsaturated/α-hetero) is 2. The zero-order valence-electron chi connectivity index (χ0n) is 11.7. The minimum Gasteiger partial charge on any atom is -0.294 e. The number of carbonyl (C=O) groups excluding carboxylic acids is 2. The number of ketones is 2. The highest BCUT2D eigenvalue weighted by Crippen LogP contribution is 2.21. The lowest BCUT2D eigenvalue weighted by atomic mass is 9.83. The van der Waals surface area contributed by atoms with Crippen LogP contribution in [0.5, 0.6) is 0 Å². The molecular weight excluding hydrogens is 248 g/mol. The highest BCUT2D eigenvalue weighted by atomic mass is 16.1. The maximum atomic E-state index is 12.4. The second-order valence-corrected chi connectivity index (χ2v) is 5.04. The zero-order chi connectivity index (χ0) is 14.5. The Morgan fingerprint density at radius 2 is 0.950 bits per heavy atom. The third kappa shape index (κ3) is 3.02. The maximum absolute atomic E-state index is 12.4. The predicted octanol–water partition coefficient (Wildman–Crippen LogP) is 4.02. The van der Waals surface area contributed by atoms with E-state index in [1.165, 1.54) is 0 Å². The molecular formula is C18H18O2. The Morgan fingerprint density at radius 3 is 1.25 bits per heavy atom. The Morgan fingerprint density at radius 1 is 0.650 bits per heavy atom. The van der Waals surface area contributed by atoms with E-state index in [1.54, 1.807) is 24.3 Å². The molecule has 2 aromatic carbocycles.